The summed E-state index contributed by atoms with van der Waals surface area (Å²) in [5, 5.41) is 3.16. The number of carbonyl (C=O) groups is 3. The molecule has 106 valence electrons. The Labute approximate surface area is 112 Å². The number of nitrogens with one attached hydrogen (secondary N) is 1. The second kappa shape index (κ2) is 6.01. The Morgan fingerprint density at radius 1 is 1.47 bits per heavy atom. The Morgan fingerprint density at radius 2 is 2.26 bits per heavy atom. The van der Waals surface area contributed by atoms with Gasteiger partial charge in [0.15, 0.2) is 0 Å². The smallest absolute Gasteiger partial charge is 0.242 e. The molecule has 7 nitrogen and oxygen atoms in total. The van der Waals surface area contributed by atoms with Crippen LogP contribution in [0.1, 0.15) is 19.3 Å². The van der Waals surface area contributed by atoms with Gasteiger partial charge in [0.1, 0.15) is 0 Å². The zero-order valence-corrected chi connectivity index (χ0v) is 10.9. The molecule has 2 fully saturated rings. The number of nitrogens with zero attached hydrogens (tertiary/aromatic N) is 2. The van der Waals surface area contributed by atoms with Crippen molar-refractivity contribution >= 4 is 17.7 Å². The fraction of sp³-hybridized carbons (Fsp3) is 0.750. The lowest BCUT2D eigenvalue weighted by molar-refractivity contribution is -0.141. The van der Waals surface area contributed by atoms with Crippen molar-refractivity contribution < 1.29 is 14.4 Å². The lowest BCUT2D eigenvalue weighted by Crippen LogP contribution is -2.50. The van der Waals surface area contributed by atoms with Crippen LogP contribution in [0.5, 0.6) is 0 Å². The van der Waals surface area contributed by atoms with Gasteiger partial charge in [0.25, 0.3) is 0 Å². The van der Waals surface area contributed by atoms with E-state index in [1.807, 2.05) is 0 Å². The van der Waals surface area contributed by atoms with Crippen LogP contribution in [-0.2, 0) is 14.4 Å². The van der Waals surface area contributed by atoms with Crippen LogP contribution < -0.4 is 11.1 Å². The van der Waals surface area contributed by atoms with Crippen LogP contribution in [-0.4, -0.2) is 66.3 Å². The fourth-order valence-corrected chi connectivity index (χ4v) is 2.62. The normalized spacial score (nSPS) is 22.8. The van der Waals surface area contributed by atoms with Gasteiger partial charge in [-0.25, -0.2) is 0 Å². The van der Waals surface area contributed by atoms with E-state index in [0.29, 0.717) is 19.5 Å². The highest BCUT2D eigenvalue weighted by Gasteiger charge is 2.30. The first-order valence-corrected chi connectivity index (χ1v) is 6.64. The molecule has 0 saturated carbocycles. The van der Waals surface area contributed by atoms with E-state index in [1.165, 1.54) is 4.90 Å². The molecule has 2 rings (SSSR count). The predicted molar refractivity (Wildman–Crippen MR) is 68.0 cm³/mol. The Kier molecular flexibility index (Phi) is 4.36. The summed E-state index contributed by atoms with van der Waals surface area (Å²) >= 11 is 0. The summed E-state index contributed by atoms with van der Waals surface area (Å²) in [5.74, 6) is -0.701. The molecule has 0 aliphatic carbocycles. The van der Waals surface area contributed by atoms with Gasteiger partial charge < -0.3 is 20.9 Å². The van der Waals surface area contributed by atoms with E-state index >= 15 is 0 Å². The van der Waals surface area contributed by atoms with Gasteiger partial charge in [0, 0.05) is 25.6 Å². The van der Waals surface area contributed by atoms with Crippen molar-refractivity contribution in [1.82, 2.24) is 15.1 Å². The first kappa shape index (κ1) is 13.8. The molecule has 2 saturated heterocycles. The van der Waals surface area contributed by atoms with Crippen LogP contribution in [0.2, 0.25) is 0 Å². The molecule has 2 heterocycles. The lowest BCUT2D eigenvalue weighted by Gasteiger charge is -2.29. The van der Waals surface area contributed by atoms with Crippen molar-refractivity contribution in [2.45, 2.75) is 25.3 Å². The van der Waals surface area contributed by atoms with Gasteiger partial charge in [-0.15, -0.1) is 0 Å². The van der Waals surface area contributed by atoms with Crippen LogP contribution in [0.15, 0.2) is 0 Å². The molecular formula is C12H20N4O3. The molecule has 7 heteroatoms. The highest BCUT2D eigenvalue weighted by Crippen LogP contribution is 2.13. The van der Waals surface area contributed by atoms with E-state index in [0.717, 1.165) is 19.4 Å². The molecule has 0 aromatic heterocycles. The maximum atomic E-state index is 12.3. The fourth-order valence-electron chi connectivity index (χ4n) is 2.62. The Balaban J connectivity index is 1.97. The molecule has 0 bridgehead atoms. The van der Waals surface area contributed by atoms with Crippen molar-refractivity contribution in [3.8, 4) is 0 Å². The minimum atomic E-state index is -0.520. The number of hydrogen-bond acceptors (Lipinski definition) is 4. The molecule has 0 radical (unpaired) electrons. The van der Waals surface area contributed by atoms with Gasteiger partial charge in [-0.3, -0.25) is 14.4 Å². The minimum Gasteiger partial charge on any atom is -0.368 e. The molecule has 3 N–H and O–H groups in total. The highest BCUT2D eigenvalue weighted by atomic mass is 16.2. The largest absolute Gasteiger partial charge is 0.368 e. The molecule has 3 amide bonds. The Hall–Kier alpha value is -1.63. The summed E-state index contributed by atoms with van der Waals surface area (Å²) in [7, 11) is 0. The van der Waals surface area contributed by atoms with E-state index in [1.54, 1.807) is 4.90 Å². The Morgan fingerprint density at radius 3 is 2.79 bits per heavy atom. The molecular weight excluding hydrogens is 248 g/mol. The minimum absolute atomic E-state index is 0.00212. The van der Waals surface area contributed by atoms with Crippen LogP contribution in [0.25, 0.3) is 0 Å². The summed E-state index contributed by atoms with van der Waals surface area (Å²) in [5.41, 5.74) is 5.20. The van der Waals surface area contributed by atoms with Gasteiger partial charge in [-0.05, 0) is 19.4 Å². The first-order valence-electron chi connectivity index (χ1n) is 6.64. The molecule has 19 heavy (non-hydrogen) atoms. The second-order valence-electron chi connectivity index (χ2n) is 5.05. The molecule has 2 aliphatic rings. The molecule has 0 spiro atoms. The quantitative estimate of drug-likeness (QED) is 0.620. The zero-order valence-electron chi connectivity index (χ0n) is 10.9. The van der Waals surface area contributed by atoms with Crippen LogP contribution in [0.3, 0.4) is 0 Å². The lowest BCUT2D eigenvalue weighted by atomic mass is 10.2. The van der Waals surface area contributed by atoms with Gasteiger partial charge in [-0.2, -0.15) is 0 Å². The van der Waals surface area contributed by atoms with Gasteiger partial charge in [0.2, 0.25) is 17.7 Å². The number of primary amides is 1. The van der Waals surface area contributed by atoms with Crippen molar-refractivity contribution in [1.29, 1.82) is 0 Å². The average Bonchev–Trinajstić information content (AvgIpc) is 2.98. The third-order valence-electron chi connectivity index (χ3n) is 3.62. The van der Waals surface area contributed by atoms with Crippen LogP contribution in [0, 0.1) is 0 Å². The molecule has 0 aromatic carbocycles. The van der Waals surface area contributed by atoms with Crippen molar-refractivity contribution in [3.05, 3.63) is 0 Å². The number of nitrogens with two attached hydrogens (primary N) is 1. The number of likely N-dealkylation sites (tertiary alicyclic amines) is 1. The summed E-state index contributed by atoms with van der Waals surface area (Å²) < 4.78 is 0. The monoisotopic (exact) mass is 268 g/mol. The van der Waals surface area contributed by atoms with Crippen LogP contribution >= 0.6 is 0 Å². The topological polar surface area (TPSA) is 95.7 Å². The van der Waals surface area contributed by atoms with E-state index in [9.17, 15) is 14.4 Å². The van der Waals surface area contributed by atoms with Gasteiger partial charge >= 0.3 is 0 Å². The van der Waals surface area contributed by atoms with Crippen molar-refractivity contribution in [2.24, 2.45) is 5.73 Å². The number of rotatable bonds is 5. The van der Waals surface area contributed by atoms with E-state index in [4.69, 9.17) is 5.73 Å². The van der Waals surface area contributed by atoms with Crippen molar-refractivity contribution in [2.75, 3.05) is 32.7 Å². The Bertz CT molecular complexity index is 379. The summed E-state index contributed by atoms with van der Waals surface area (Å²) in [6.45, 7) is 2.11. The summed E-state index contributed by atoms with van der Waals surface area (Å²) in [6, 6.07) is -0.00212. The van der Waals surface area contributed by atoms with Gasteiger partial charge in [0.05, 0.1) is 13.1 Å². The third kappa shape index (κ3) is 3.44. The zero-order chi connectivity index (χ0) is 13.8. The average molecular weight is 268 g/mol. The highest BCUT2D eigenvalue weighted by molar-refractivity contribution is 5.88. The second-order valence-corrected chi connectivity index (χ2v) is 5.05. The number of carbonyl (C=O) groups excluding carboxylic acids is 3. The molecule has 1 atom stereocenters. The van der Waals surface area contributed by atoms with Crippen molar-refractivity contribution in [3.63, 3.8) is 0 Å². The maximum absolute atomic E-state index is 12.3. The van der Waals surface area contributed by atoms with E-state index in [-0.39, 0.29) is 30.9 Å². The van der Waals surface area contributed by atoms with E-state index < -0.39 is 5.91 Å². The first-order chi connectivity index (χ1) is 9.08. The van der Waals surface area contributed by atoms with Gasteiger partial charge in [-0.1, -0.05) is 0 Å². The number of amides is 3. The molecule has 0 aromatic rings. The molecule has 2 aliphatic heterocycles. The summed E-state index contributed by atoms with van der Waals surface area (Å²) in [6.07, 6.45) is 2.12. The summed E-state index contributed by atoms with van der Waals surface area (Å²) in [4.78, 5) is 38.0. The maximum Gasteiger partial charge on any atom is 0.242 e. The predicted octanol–water partition coefficient (Wildman–Crippen LogP) is -1.72. The van der Waals surface area contributed by atoms with Crippen LogP contribution in [0.4, 0.5) is 0 Å². The third-order valence-corrected chi connectivity index (χ3v) is 3.62. The van der Waals surface area contributed by atoms with E-state index in [2.05, 4.69) is 5.32 Å². The SMILES string of the molecule is NC(=O)CN(C(=O)CN1CCCC1=O)C1CCNC1. The number of hydrogen-bond donors (Lipinski definition) is 2. The standard InChI is InChI=1S/C12H20N4O3/c13-10(17)7-16(9-3-4-14-6-9)12(19)8-15-5-1-2-11(15)18/h9,14H,1-8H2,(H2,13,17). The molecule has 1 unspecified atom stereocenters.